The number of hydrogen-bond donors (Lipinski definition) is 0. The molecule has 0 aliphatic rings. The molecule has 0 aliphatic heterocycles. The summed E-state index contributed by atoms with van der Waals surface area (Å²) in [6, 6.07) is 96.6. The highest BCUT2D eigenvalue weighted by molar-refractivity contribution is 6.30. The van der Waals surface area contributed by atoms with Gasteiger partial charge in [0.1, 0.15) is 5.58 Å². The summed E-state index contributed by atoms with van der Waals surface area (Å²) in [5.41, 5.74) is 12.9. The summed E-state index contributed by atoms with van der Waals surface area (Å²) in [5.74, 6) is 0. The van der Waals surface area contributed by atoms with E-state index >= 15 is 0 Å². The van der Waals surface area contributed by atoms with E-state index in [4.69, 9.17) is 4.42 Å². The molecular weight excluding hydrogens is 861 g/mol. The molecule has 0 atom stereocenters. The second-order valence-corrected chi connectivity index (χ2v) is 18.3. The quantitative estimate of drug-likeness (QED) is 0.142. The molecule has 3 heteroatoms. The van der Waals surface area contributed by atoms with Crippen molar-refractivity contribution in [2.75, 3.05) is 9.80 Å². The van der Waals surface area contributed by atoms with Gasteiger partial charge in [-0.05, 0) is 115 Å². The molecule has 332 valence electrons. The maximum atomic E-state index is 7.10. The topological polar surface area (TPSA) is 19.6 Å². The molecule has 71 heavy (non-hydrogen) atoms. The van der Waals surface area contributed by atoms with Crippen molar-refractivity contribution in [2.45, 2.75) is 0 Å². The largest absolute Gasteiger partial charge is 0.454 e. The van der Waals surface area contributed by atoms with Crippen molar-refractivity contribution in [3.8, 4) is 22.3 Å². The van der Waals surface area contributed by atoms with E-state index < -0.39 is 0 Å². The third kappa shape index (κ3) is 6.59. The van der Waals surface area contributed by atoms with Crippen LogP contribution >= 0.6 is 0 Å². The van der Waals surface area contributed by atoms with Crippen molar-refractivity contribution in [3.63, 3.8) is 0 Å². The molecule has 14 aromatic rings. The van der Waals surface area contributed by atoms with E-state index in [1.165, 1.54) is 60.0 Å². The van der Waals surface area contributed by atoms with Gasteiger partial charge in [0, 0.05) is 44.0 Å². The van der Waals surface area contributed by atoms with E-state index in [-0.39, 0.29) is 0 Å². The first-order chi connectivity index (χ1) is 35.3. The minimum Gasteiger partial charge on any atom is -0.454 e. The fourth-order valence-corrected chi connectivity index (χ4v) is 11.3. The highest BCUT2D eigenvalue weighted by Crippen LogP contribution is 2.52. The number of furan rings is 1. The summed E-state index contributed by atoms with van der Waals surface area (Å²) in [4.78, 5) is 4.85. The fraction of sp³-hybridized carbons (Fsp3) is 0. The van der Waals surface area contributed by atoms with E-state index in [2.05, 4.69) is 277 Å². The Kier molecular flexibility index (Phi) is 9.53. The van der Waals surface area contributed by atoms with Crippen molar-refractivity contribution in [1.82, 2.24) is 0 Å². The van der Waals surface area contributed by atoms with Gasteiger partial charge in [0.2, 0.25) is 0 Å². The predicted molar refractivity (Wildman–Crippen MR) is 301 cm³/mol. The van der Waals surface area contributed by atoms with Gasteiger partial charge in [0.05, 0.1) is 17.1 Å². The van der Waals surface area contributed by atoms with Gasteiger partial charge in [0.15, 0.2) is 5.58 Å². The average Bonchev–Trinajstić information content (AvgIpc) is 3.85. The van der Waals surface area contributed by atoms with Gasteiger partial charge >= 0.3 is 0 Å². The smallest absolute Gasteiger partial charge is 0.160 e. The average molecular weight is 905 g/mol. The predicted octanol–water partition coefficient (Wildman–Crippen LogP) is 19.6. The van der Waals surface area contributed by atoms with Crippen LogP contribution in [0.4, 0.5) is 34.1 Å². The number of rotatable bonds is 8. The molecule has 0 aliphatic carbocycles. The molecule has 14 rings (SSSR count). The highest BCUT2D eigenvalue weighted by Gasteiger charge is 2.27. The first-order valence-electron chi connectivity index (χ1n) is 24.3. The van der Waals surface area contributed by atoms with Crippen LogP contribution in [-0.2, 0) is 0 Å². The van der Waals surface area contributed by atoms with Gasteiger partial charge in [-0.2, -0.15) is 0 Å². The number of para-hydroxylation sites is 2. The molecule has 0 unspecified atom stereocenters. The lowest BCUT2D eigenvalue weighted by Gasteiger charge is -2.30. The van der Waals surface area contributed by atoms with Crippen LogP contribution in [0.15, 0.2) is 271 Å². The van der Waals surface area contributed by atoms with Crippen LogP contribution < -0.4 is 9.80 Å². The minimum absolute atomic E-state index is 0.859. The van der Waals surface area contributed by atoms with Gasteiger partial charge in [0.25, 0.3) is 0 Å². The number of anilines is 6. The normalized spacial score (nSPS) is 11.7. The van der Waals surface area contributed by atoms with Crippen LogP contribution in [0.25, 0.3) is 98.1 Å². The van der Waals surface area contributed by atoms with E-state index in [0.717, 1.165) is 72.2 Å². The molecule has 1 aromatic heterocycles. The monoisotopic (exact) mass is 904 g/mol. The van der Waals surface area contributed by atoms with Gasteiger partial charge in [-0.1, -0.05) is 212 Å². The summed E-state index contributed by atoms with van der Waals surface area (Å²) >= 11 is 0. The van der Waals surface area contributed by atoms with Crippen molar-refractivity contribution in [2.24, 2.45) is 0 Å². The molecule has 1 heterocycles. The van der Waals surface area contributed by atoms with Crippen LogP contribution in [-0.4, -0.2) is 0 Å². The Balaban J connectivity index is 1.02. The molecule has 0 fully saturated rings. The molecule has 3 nitrogen and oxygen atoms in total. The van der Waals surface area contributed by atoms with Crippen molar-refractivity contribution in [1.29, 1.82) is 0 Å². The molecule has 0 amide bonds. The Labute approximate surface area is 411 Å². The number of fused-ring (bicyclic) bond motifs is 10. The van der Waals surface area contributed by atoms with Crippen LogP contribution in [0.3, 0.4) is 0 Å². The standard InChI is InChI=1S/C68H44N2O/c1-4-20-45(21-5-1)46-36-39-51(40-37-46)69(49-24-6-2-7-25-49)67-59-34-18-16-32-56(59)64(57-33-17-19-35-60(57)67)58-41-42-61(55-31-15-14-30-54(55)58)70(50-26-8-3-9-27-50)62-44-48-23-11-13-29-53(48)66-65-52-28-12-10-22-47(52)38-43-63(65)71-68(62)66/h1-44H. The van der Waals surface area contributed by atoms with Crippen molar-refractivity contribution in [3.05, 3.63) is 267 Å². The van der Waals surface area contributed by atoms with Crippen molar-refractivity contribution < 1.29 is 4.42 Å². The molecule has 0 saturated carbocycles. The zero-order chi connectivity index (χ0) is 46.8. The summed E-state index contributed by atoms with van der Waals surface area (Å²) in [6.45, 7) is 0. The first-order valence-corrected chi connectivity index (χ1v) is 24.3. The number of nitrogens with zero attached hydrogens (tertiary/aromatic N) is 2. The third-order valence-corrected chi connectivity index (χ3v) is 14.4. The zero-order valence-electron chi connectivity index (χ0n) is 38.7. The SMILES string of the molecule is c1ccc(-c2ccc(N(c3ccccc3)c3c4ccccc4c(-c4ccc(N(c5ccccc5)c5cc6ccccc6c6c5oc5ccc7ccccc7c56)c5ccccc45)c4ccccc34)cc2)cc1. The Hall–Kier alpha value is -9.44. The Morgan fingerprint density at radius 2 is 0.761 bits per heavy atom. The summed E-state index contributed by atoms with van der Waals surface area (Å²) in [6.07, 6.45) is 0. The highest BCUT2D eigenvalue weighted by atomic mass is 16.3. The van der Waals surface area contributed by atoms with E-state index in [9.17, 15) is 0 Å². The summed E-state index contributed by atoms with van der Waals surface area (Å²) < 4.78 is 7.10. The number of benzene rings is 13. The van der Waals surface area contributed by atoms with Crippen LogP contribution in [0.5, 0.6) is 0 Å². The second kappa shape index (κ2) is 16.7. The minimum atomic E-state index is 0.859. The lowest BCUT2D eigenvalue weighted by Crippen LogP contribution is -2.12. The van der Waals surface area contributed by atoms with E-state index in [1.54, 1.807) is 0 Å². The maximum Gasteiger partial charge on any atom is 0.160 e. The summed E-state index contributed by atoms with van der Waals surface area (Å²) in [7, 11) is 0. The van der Waals surface area contributed by atoms with Gasteiger partial charge in [-0.3, -0.25) is 0 Å². The van der Waals surface area contributed by atoms with Crippen LogP contribution in [0.2, 0.25) is 0 Å². The van der Waals surface area contributed by atoms with Crippen LogP contribution in [0, 0.1) is 0 Å². The van der Waals surface area contributed by atoms with Gasteiger partial charge < -0.3 is 14.2 Å². The molecule has 13 aromatic carbocycles. The first kappa shape index (κ1) is 40.6. The lowest BCUT2D eigenvalue weighted by molar-refractivity contribution is 0.669. The van der Waals surface area contributed by atoms with Gasteiger partial charge in [-0.15, -0.1) is 0 Å². The molecule has 0 N–H and O–H groups in total. The fourth-order valence-electron chi connectivity index (χ4n) is 11.3. The molecule has 0 spiro atoms. The molecule has 0 bridgehead atoms. The lowest BCUT2D eigenvalue weighted by atomic mass is 9.87. The summed E-state index contributed by atoms with van der Waals surface area (Å²) in [5, 5.41) is 14.0. The van der Waals surface area contributed by atoms with E-state index in [1.807, 2.05) is 0 Å². The second-order valence-electron chi connectivity index (χ2n) is 18.3. The molecular formula is C68H44N2O. The van der Waals surface area contributed by atoms with E-state index in [0.29, 0.717) is 0 Å². The van der Waals surface area contributed by atoms with Crippen molar-refractivity contribution >= 4 is 110 Å². The number of hydrogen-bond acceptors (Lipinski definition) is 3. The third-order valence-electron chi connectivity index (χ3n) is 14.4. The molecule has 0 saturated heterocycles. The maximum absolute atomic E-state index is 7.10. The zero-order valence-corrected chi connectivity index (χ0v) is 38.7. The molecule has 0 radical (unpaired) electrons. The van der Waals surface area contributed by atoms with Crippen LogP contribution in [0.1, 0.15) is 0 Å². The Morgan fingerprint density at radius 3 is 1.41 bits per heavy atom. The Bertz CT molecular complexity index is 4280. The van der Waals surface area contributed by atoms with Gasteiger partial charge in [-0.25, -0.2) is 0 Å². The Morgan fingerprint density at radius 1 is 0.282 bits per heavy atom.